The number of carbonyl (C=O) groups is 3. The Bertz CT molecular complexity index is 974. The number of carbonyl (C=O) groups excluding carboxylic acids is 2. The Balaban J connectivity index is 1.47. The first-order valence-electron chi connectivity index (χ1n) is 10.9. The Hall–Kier alpha value is -3.39. The monoisotopic (exact) mass is 454 g/mol. The highest BCUT2D eigenvalue weighted by molar-refractivity contribution is 5.82. The van der Waals surface area contributed by atoms with Gasteiger partial charge < -0.3 is 25.2 Å². The minimum absolute atomic E-state index is 0.0270. The summed E-state index contributed by atoms with van der Waals surface area (Å²) in [6, 6.07) is 16.2. The van der Waals surface area contributed by atoms with Crippen molar-refractivity contribution < 1.29 is 29.0 Å². The van der Waals surface area contributed by atoms with Gasteiger partial charge in [0.15, 0.2) is 0 Å². The van der Waals surface area contributed by atoms with Gasteiger partial charge in [0.2, 0.25) is 5.91 Å². The Morgan fingerprint density at radius 3 is 2.12 bits per heavy atom. The van der Waals surface area contributed by atoms with E-state index in [-0.39, 0.29) is 32.0 Å². The molecule has 176 valence electrons. The van der Waals surface area contributed by atoms with Gasteiger partial charge in [0, 0.05) is 32.5 Å². The average molecular weight is 455 g/mol. The second kappa shape index (κ2) is 10.5. The number of aliphatic carboxylic acids is 1. The van der Waals surface area contributed by atoms with E-state index in [4.69, 9.17) is 14.6 Å². The highest BCUT2D eigenvalue weighted by atomic mass is 16.5. The Morgan fingerprint density at radius 1 is 1.00 bits per heavy atom. The summed E-state index contributed by atoms with van der Waals surface area (Å²) in [5, 5.41) is 14.4. The first kappa shape index (κ1) is 24.3. The summed E-state index contributed by atoms with van der Waals surface area (Å²) in [6.07, 6.45) is -1.16. The minimum Gasteiger partial charge on any atom is -0.481 e. The molecule has 0 radical (unpaired) electrons. The van der Waals surface area contributed by atoms with E-state index in [2.05, 4.69) is 34.9 Å². The predicted octanol–water partition coefficient (Wildman–Crippen LogP) is 3.16. The van der Waals surface area contributed by atoms with Gasteiger partial charge in [-0.05, 0) is 36.1 Å². The van der Waals surface area contributed by atoms with Crippen LogP contribution in [0.5, 0.6) is 0 Å². The van der Waals surface area contributed by atoms with E-state index in [0.29, 0.717) is 0 Å². The quantitative estimate of drug-likeness (QED) is 0.508. The number of alkyl carbamates (subject to hydrolysis) is 1. The summed E-state index contributed by atoms with van der Waals surface area (Å²) in [7, 11) is 1.39. The molecule has 8 heteroatoms. The number of fused-ring (bicyclic) bond motifs is 3. The van der Waals surface area contributed by atoms with Crippen LogP contribution in [0.1, 0.15) is 37.3 Å². The molecule has 1 atom stereocenters. The molecular weight excluding hydrogens is 424 g/mol. The van der Waals surface area contributed by atoms with Gasteiger partial charge in [0.05, 0.1) is 5.41 Å². The highest BCUT2D eigenvalue weighted by Gasteiger charge is 2.30. The number of hydrogen-bond acceptors (Lipinski definition) is 5. The molecule has 0 aliphatic heterocycles. The summed E-state index contributed by atoms with van der Waals surface area (Å²) in [4.78, 5) is 35.7. The zero-order chi connectivity index (χ0) is 24.0. The average Bonchev–Trinajstić information content (AvgIpc) is 3.12. The molecule has 0 fully saturated rings. The number of hydrogen-bond donors (Lipinski definition) is 3. The third kappa shape index (κ3) is 5.70. The number of carboxylic acids is 1. The van der Waals surface area contributed by atoms with E-state index in [1.807, 2.05) is 24.3 Å². The van der Waals surface area contributed by atoms with E-state index in [0.717, 1.165) is 22.3 Å². The molecule has 3 N–H and O–H groups in total. The number of rotatable bonds is 10. The van der Waals surface area contributed by atoms with Crippen molar-refractivity contribution in [1.82, 2.24) is 10.6 Å². The molecule has 3 rings (SSSR count). The lowest BCUT2D eigenvalue weighted by Crippen LogP contribution is -2.44. The third-order valence-corrected chi connectivity index (χ3v) is 5.88. The molecule has 0 heterocycles. The first-order chi connectivity index (χ1) is 15.7. The number of amides is 2. The Morgan fingerprint density at radius 2 is 1.58 bits per heavy atom. The van der Waals surface area contributed by atoms with E-state index in [1.165, 1.54) is 21.0 Å². The molecular formula is C25H30N2O6. The van der Waals surface area contributed by atoms with Crippen molar-refractivity contribution in [3.8, 4) is 11.1 Å². The molecule has 0 saturated heterocycles. The Kier molecular flexibility index (Phi) is 7.71. The lowest BCUT2D eigenvalue weighted by atomic mass is 9.94. The van der Waals surface area contributed by atoms with Crippen LogP contribution in [0.15, 0.2) is 48.5 Å². The summed E-state index contributed by atoms with van der Waals surface area (Å²) in [6.45, 7) is 3.40. The summed E-state index contributed by atoms with van der Waals surface area (Å²) >= 11 is 0. The summed E-state index contributed by atoms with van der Waals surface area (Å²) in [5.74, 6) is -1.46. The van der Waals surface area contributed by atoms with Crippen LogP contribution in [0.2, 0.25) is 0 Å². The van der Waals surface area contributed by atoms with Crippen molar-refractivity contribution in [2.75, 3.05) is 26.8 Å². The van der Waals surface area contributed by atoms with E-state index in [1.54, 1.807) is 0 Å². The lowest BCUT2D eigenvalue weighted by Gasteiger charge is -2.22. The van der Waals surface area contributed by atoms with Crippen molar-refractivity contribution >= 4 is 18.0 Å². The highest BCUT2D eigenvalue weighted by Crippen LogP contribution is 2.44. The first-order valence-corrected chi connectivity index (χ1v) is 10.9. The molecule has 8 nitrogen and oxygen atoms in total. The number of nitrogens with one attached hydrogen (secondary N) is 2. The molecule has 0 spiro atoms. The van der Waals surface area contributed by atoms with Gasteiger partial charge >= 0.3 is 12.1 Å². The fraction of sp³-hybridized carbons (Fsp3) is 0.400. The summed E-state index contributed by atoms with van der Waals surface area (Å²) in [5.41, 5.74) is 3.48. The molecule has 1 unspecified atom stereocenters. The number of ether oxygens (including phenoxy) is 2. The normalized spacial score (nSPS) is 13.5. The van der Waals surface area contributed by atoms with E-state index >= 15 is 0 Å². The Labute approximate surface area is 193 Å². The van der Waals surface area contributed by atoms with Crippen LogP contribution < -0.4 is 10.6 Å². The van der Waals surface area contributed by atoms with Crippen molar-refractivity contribution in [2.45, 2.75) is 32.3 Å². The van der Waals surface area contributed by atoms with E-state index in [9.17, 15) is 14.4 Å². The zero-order valence-corrected chi connectivity index (χ0v) is 19.1. The van der Waals surface area contributed by atoms with Gasteiger partial charge in [-0.25, -0.2) is 4.79 Å². The topological polar surface area (TPSA) is 114 Å². The van der Waals surface area contributed by atoms with Crippen LogP contribution in [0.25, 0.3) is 11.1 Å². The molecule has 0 saturated carbocycles. The molecule has 0 aromatic heterocycles. The van der Waals surface area contributed by atoms with Gasteiger partial charge in [0.25, 0.3) is 0 Å². The van der Waals surface area contributed by atoms with Crippen LogP contribution in [0.4, 0.5) is 4.79 Å². The zero-order valence-electron chi connectivity index (χ0n) is 19.1. The van der Waals surface area contributed by atoms with Crippen LogP contribution in [-0.4, -0.2) is 56.0 Å². The molecule has 1 aliphatic rings. The number of carboxylic acid groups (broad SMARTS) is 1. The molecule has 2 aromatic rings. The van der Waals surface area contributed by atoms with Crippen molar-refractivity contribution in [3.63, 3.8) is 0 Å². The smallest absolute Gasteiger partial charge is 0.407 e. The maximum absolute atomic E-state index is 12.3. The summed E-state index contributed by atoms with van der Waals surface area (Å²) < 4.78 is 10.7. The van der Waals surface area contributed by atoms with Gasteiger partial charge in [0.1, 0.15) is 12.7 Å². The molecule has 0 bridgehead atoms. The van der Waals surface area contributed by atoms with Gasteiger partial charge in [-0.3, -0.25) is 9.59 Å². The minimum atomic E-state index is -1.09. The van der Waals surface area contributed by atoms with Crippen LogP contribution in [0.3, 0.4) is 0 Å². The van der Waals surface area contributed by atoms with Crippen LogP contribution >= 0.6 is 0 Å². The molecule has 33 heavy (non-hydrogen) atoms. The van der Waals surface area contributed by atoms with E-state index < -0.39 is 29.5 Å². The molecule has 2 aromatic carbocycles. The van der Waals surface area contributed by atoms with Gasteiger partial charge in [-0.1, -0.05) is 48.5 Å². The molecule has 2 amide bonds. The van der Waals surface area contributed by atoms with Gasteiger partial charge in [-0.2, -0.15) is 0 Å². The van der Waals surface area contributed by atoms with Crippen LogP contribution in [-0.2, 0) is 19.1 Å². The van der Waals surface area contributed by atoms with Crippen molar-refractivity contribution in [2.24, 2.45) is 5.41 Å². The van der Waals surface area contributed by atoms with Gasteiger partial charge in [-0.15, -0.1) is 0 Å². The second-order valence-electron chi connectivity index (χ2n) is 8.67. The fourth-order valence-electron chi connectivity index (χ4n) is 3.81. The lowest BCUT2D eigenvalue weighted by molar-refractivity contribution is -0.147. The third-order valence-electron chi connectivity index (χ3n) is 5.88. The number of benzene rings is 2. The van der Waals surface area contributed by atoms with Crippen LogP contribution in [0, 0.1) is 5.41 Å². The fourth-order valence-corrected chi connectivity index (χ4v) is 3.81. The van der Waals surface area contributed by atoms with Crippen molar-refractivity contribution in [3.05, 3.63) is 59.7 Å². The largest absolute Gasteiger partial charge is 0.481 e. The predicted molar refractivity (Wildman–Crippen MR) is 123 cm³/mol. The second-order valence-corrected chi connectivity index (χ2v) is 8.67. The maximum Gasteiger partial charge on any atom is 0.407 e. The standard InChI is InChI=1S/C25H30N2O6/c1-25(2,23(29)30)15-27-22(28)21(32-3)12-13-26-24(31)33-14-20-18-10-6-4-8-16(18)17-9-5-7-11-19(17)20/h4-11,20-21H,12-15H2,1-3H3,(H,26,31)(H,27,28)(H,29,30). The number of methoxy groups -OCH3 is 1. The van der Waals surface area contributed by atoms with Crippen molar-refractivity contribution in [1.29, 1.82) is 0 Å². The maximum atomic E-state index is 12.3. The SMILES string of the molecule is COC(CCNC(=O)OCC1c2ccccc2-c2ccccc21)C(=O)NCC(C)(C)C(=O)O. The molecule has 1 aliphatic carbocycles.